The summed E-state index contributed by atoms with van der Waals surface area (Å²) in [5.74, 6) is 0. The molecule has 0 bridgehead atoms. The Morgan fingerprint density at radius 2 is 2.24 bits per heavy atom. The van der Waals surface area contributed by atoms with Crippen LogP contribution in [0.4, 0.5) is 11.4 Å². The molecule has 0 amide bonds. The van der Waals surface area contributed by atoms with Crippen LogP contribution in [0.1, 0.15) is 20.3 Å². The molecular formula is C11H15BrN2O3. The molecule has 1 aromatic carbocycles. The Labute approximate surface area is 108 Å². The van der Waals surface area contributed by atoms with Crippen LogP contribution >= 0.6 is 15.9 Å². The second kappa shape index (κ2) is 5.46. The lowest BCUT2D eigenvalue weighted by Gasteiger charge is -2.22. The van der Waals surface area contributed by atoms with Gasteiger partial charge in [0, 0.05) is 28.8 Å². The molecule has 0 aliphatic heterocycles. The van der Waals surface area contributed by atoms with Gasteiger partial charge in [-0.15, -0.1) is 0 Å². The van der Waals surface area contributed by atoms with E-state index in [1.54, 1.807) is 13.0 Å². The van der Waals surface area contributed by atoms with Crippen LogP contribution in [-0.4, -0.2) is 22.2 Å². The molecule has 1 aromatic rings. The van der Waals surface area contributed by atoms with Gasteiger partial charge in [0.2, 0.25) is 0 Å². The fourth-order valence-corrected chi connectivity index (χ4v) is 1.68. The number of hydrogen-bond donors (Lipinski definition) is 2. The van der Waals surface area contributed by atoms with Gasteiger partial charge in [-0.25, -0.2) is 0 Å². The summed E-state index contributed by atoms with van der Waals surface area (Å²) in [6.45, 7) is 4.02. The molecular weight excluding hydrogens is 288 g/mol. The standard InChI is InChI=1S/C11H15BrN2O3/c1-3-11(2,15)7-13-10-5-4-8(14(16)17)6-9(10)12/h4-6,13,15H,3,7H2,1-2H3. The number of non-ortho nitro benzene ring substituents is 1. The van der Waals surface area contributed by atoms with Crippen LogP contribution in [0.5, 0.6) is 0 Å². The topological polar surface area (TPSA) is 75.4 Å². The van der Waals surface area contributed by atoms with Gasteiger partial charge < -0.3 is 10.4 Å². The number of rotatable bonds is 5. The number of hydrogen-bond acceptors (Lipinski definition) is 4. The van der Waals surface area contributed by atoms with E-state index >= 15 is 0 Å². The predicted molar refractivity (Wildman–Crippen MR) is 70.2 cm³/mol. The van der Waals surface area contributed by atoms with Crippen molar-refractivity contribution in [3.8, 4) is 0 Å². The molecule has 1 unspecified atom stereocenters. The summed E-state index contributed by atoms with van der Waals surface area (Å²) >= 11 is 3.26. The van der Waals surface area contributed by atoms with Crippen LogP contribution in [0.2, 0.25) is 0 Å². The Hall–Kier alpha value is -1.14. The highest BCUT2D eigenvalue weighted by Gasteiger charge is 2.17. The van der Waals surface area contributed by atoms with Gasteiger partial charge in [-0.05, 0) is 35.3 Å². The second-order valence-corrected chi connectivity index (χ2v) is 4.98. The quantitative estimate of drug-likeness (QED) is 0.648. The zero-order valence-corrected chi connectivity index (χ0v) is 11.3. The summed E-state index contributed by atoms with van der Waals surface area (Å²) < 4.78 is 0.610. The minimum atomic E-state index is -0.790. The molecule has 0 aliphatic rings. The van der Waals surface area contributed by atoms with E-state index in [9.17, 15) is 15.2 Å². The minimum Gasteiger partial charge on any atom is -0.388 e. The smallest absolute Gasteiger partial charge is 0.270 e. The van der Waals surface area contributed by atoms with Crippen molar-refractivity contribution < 1.29 is 10.0 Å². The van der Waals surface area contributed by atoms with E-state index in [0.717, 1.165) is 5.69 Å². The molecule has 0 saturated carbocycles. The van der Waals surface area contributed by atoms with Crippen molar-refractivity contribution in [1.29, 1.82) is 0 Å². The van der Waals surface area contributed by atoms with Crippen molar-refractivity contribution in [2.45, 2.75) is 25.9 Å². The first kappa shape index (κ1) is 13.9. The number of nitrogens with one attached hydrogen (secondary N) is 1. The number of aliphatic hydroxyl groups is 1. The van der Waals surface area contributed by atoms with E-state index in [4.69, 9.17) is 0 Å². The zero-order chi connectivity index (χ0) is 13.1. The van der Waals surface area contributed by atoms with Crippen molar-refractivity contribution in [2.24, 2.45) is 0 Å². The maximum Gasteiger partial charge on any atom is 0.270 e. The molecule has 0 fully saturated rings. The van der Waals surface area contributed by atoms with Gasteiger partial charge in [-0.3, -0.25) is 10.1 Å². The Balaban J connectivity index is 2.77. The fraction of sp³-hybridized carbons (Fsp3) is 0.455. The molecule has 2 N–H and O–H groups in total. The van der Waals surface area contributed by atoms with Gasteiger partial charge in [0.05, 0.1) is 10.5 Å². The maximum absolute atomic E-state index is 10.6. The van der Waals surface area contributed by atoms with Gasteiger partial charge in [0.15, 0.2) is 0 Å². The lowest BCUT2D eigenvalue weighted by atomic mass is 10.0. The van der Waals surface area contributed by atoms with Gasteiger partial charge in [0.25, 0.3) is 5.69 Å². The highest BCUT2D eigenvalue weighted by atomic mass is 79.9. The highest BCUT2D eigenvalue weighted by molar-refractivity contribution is 9.10. The van der Waals surface area contributed by atoms with Crippen LogP contribution in [0, 0.1) is 10.1 Å². The summed E-state index contributed by atoms with van der Waals surface area (Å²) in [5.41, 5.74) is -0.0321. The SMILES string of the molecule is CCC(C)(O)CNc1ccc([N+](=O)[O-])cc1Br. The predicted octanol–water partition coefficient (Wildman–Crippen LogP) is 2.93. The molecule has 6 heteroatoms. The van der Waals surface area contributed by atoms with Crippen LogP contribution in [0.3, 0.4) is 0 Å². The van der Waals surface area contributed by atoms with Crippen molar-refractivity contribution >= 4 is 27.3 Å². The van der Waals surface area contributed by atoms with Crippen LogP contribution in [-0.2, 0) is 0 Å². The lowest BCUT2D eigenvalue weighted by Crippen LogP contribution is -2.32. The molecule has 0 radical (unpaired) electrons. The zero-order valence-electron chi connectivity index (χ0n) is 9.74. The van der Waals surface area contributed by atoms with Crippen molar-refractivity contribution in [1.82, 2.24) is 0 Å². The molecule has 5 nitrogen and oxygen atoms in total. The summed E-state index contributed by atoms with van der Waals surface area (Å²) in [4.78, 5) is 10.1. The average molecular weight is 303 g/mol. The van der Waals surface area contributed by atoms with Crippen LogP contribution < -0.4 is 5.32 Å². The molecule has 0 aromatic heterocycles. The monoisotopic (exact) mass is 302 g/mol. The largest absolute Gasteiger partial charge is 0.388 e. The summed E-state index contributed by atoms with van der Waals surface area (Å²) in [5, 5.41) is 23.4. The van der Waals surface area contributed by atoms with E-state index in [1.165, 1.54) is 12.1 Å². The molecule has 0 spiro atoms. The highest BCUT2D eigenvalue weighted by Crippen LogP contribution is 2.27. The Morgan fingerprint density at radius 3 is 2.71 bits per heavy atom. The third-order valence-electron chi connectivity index (χ3n) is 2.58. The number of nitro benzene ring substituents is 1. The van der Waals surface area contributed by atoms with E-state index in [0.29, 0.717) is 17.4 Å². The first-order valence-electron chi connectivity index (χ1n) is 5.26. The summed E-state index contributed by atoms with van der Waals surface area (Å²) in [6.07, 6.45) is 0.630. The summed E-state index contributed by atoms with van der Waals surface area (Å²) in [7, 11) is 0. The molecule has 1 atom stereocenters. The number of anilines is 1. The molecule has 1 rings (SSSR count). The van der Waals surface area contributed by atoms with E-state index in [1.807, 2.05) is 6.92 Å². The van der Waals surface area contributed by atoms with Crippen molar-refractivity contribution in [3.05, 3.63) is 32.8 Å². The van der Waals surface area contributed by atoms with E-state index in [2.05, 4.69) is 21.2 Å². The lowest BCUT2D eigenvalue weighted by molar-refractivity contribution is -0.384. The first-order valence-corrected chi connectivity index (χ1v) is 6.05. The van der Waals surface area contributed by atoms with Crippen molar-refractivity contribution in [3.63, 3.8) is 0 Å². The third-order valence-corrected chi connectivity index (χ3v) is 3.24. The molecule has 94 valence electrons. The Kier molecular flexibility index (Phi) is 4.47. The fourth-order valence-electron chi connectivity index (χ4n) is 1.17. The molecule has 0 aliphatic carbocycles. The number of nitro groups is 1. The number of benzene rings is 1. The molecule has 0 heterocycles. The van der Waals surface area contributed by atoms with Gasteiger partial charge in [-0.2, -0.15) is 0 Å². The van der Waals surface area contributed by atoms with Gasteiger partial charge in [0.1, 0.15) is 0 Å². The van der Waals surface area contributed by atoms with E-state index in [-0.39, 0.29) is 5.69 Å². The van der Waals surface area contributed by atoms with Gasteiger partial charge >= 0.3 is 0 Å². The second-order valence-electron chi connectivity index (χ2n) is 4.13. The summed E-state index contributed by atoms with van der Waals surface area (Å²) in [6, 6.07) is 4.48. The number of nitrogens with zero attached hydrogens (tertiary/aromatic N) is 1. The minimum absolute atomic E-state index is 0.0321. The number of halogens is 1. The van der Waals surface area contributed by atoms with Crippen molar-refractivity contribution in [2.75, 3.05) is 11.9 Å². The average Bonchev–Trinajstić information content (AvgIpc) is 2.27. The third kappa shape index (κ3) is 3.98. The van der Waals surface area contributed by atoms with Gasteiger partial charge in [-0.1, -0.05) is 6.92 Å². The van der Waals surface area contributed by atoms with Crippen LogP contribution in [0.15, 0.2) is 22.7 Å². The Bertz CT molecular complexity index is 421. The first-order chi connectivity index (χ1) is 7.85. The molecule has 0 saturated heterocycles. The maximum atomic E-state index is 10.6. The van der Waals surface area contributed by atoms with E-state index < -0.39 is 10.5 Å². The van der Waals surface area contributed by atoms with Crippen LogP contribution in [0.25, 0.3) is 0 Å². The molecule has 17 heavy (non-hydrogen) atoms. The Morgan fingerprint density at radius 1 is 1.59 bits per heavy atom. The normalized spacial score (nSPS) is 14.1.